The number of carbonyl (C=O) groups excluding carboxylic acids is 2. The minimum absolute atomic E-state index is 0.0867. The molecule has 2 heterocycles. The molecule has 4 aromatic rings. The summed E-state index contributed by atoms with van der Waals surface area (Å²) in [4.78, 5) is 47.4. The maximum atomic E-state index is 13.4. The van der Waals surface area contributed by atoms with Gasteiger partial charge < -0.3 is 26.2 Å². The first-order chi connectivity index (χ1) is 20.3. The normalized spacial score (nSPS) is 11.4. The number of amides is 2. The van der Waals surface area contributed by atoms with Gasteiger partial charge in [0.15, 0.2) is 5.82 Å². The molecule has 226 valence electrons. The zero-order valence-corrected chi connectivity index (χ0v) is 25.7. The predicted octanol–water partition coefficient (Wildman–Crippen LogP) is 4.26. The number of anilines is 2. The Bertz CT molecular complexity index is 1680. The van der Waals surface area contributed by atoms with E-state index in [4.69, 9.17) is 45.1 Å². The number of rotatable bonds is 10. The molecule has 0 spiro atoms. The summed E-state index contributed by atoms with van der Waals surface area (Å²) < 4.78 is 4.44. The Morgan fingerprint density at radius 1 is 1.09 bits per heavy atom. The van der Waals surface area contributed by atoms with Crippen LogP contribution in [0.4, 0.5) is 11.5 Å². The number of halogens is 3. The van der Waals surface area contributed by atoms with Crippen LogP contribution in [0.2, 0.25) is 0 Å². The third-order valence-electron chi connectivity index (χ3n) is 6.00. The molecule has 43 heavy (non-hydrogen) atoms. The molecule has 4 rings (SSSR count). The van der Waals surface area contributed by atoms with Gasteiger partial charge in [0.2, 0.25) is 11.7 Å². The third kappa shape index (κ3) is 8.04. The van der Waals surface area contributed by atoms with Crippen LogP contribution >= 0.6 is 34.8 Å². The van der Waals surface area contributed by atoms with Gasteiger partial charge in [0.05, 0.1) is 11.9 Å². The molecule has 0 aliphatic heterocycles. The number of benzene rings is 2. The van der Waals surface area contributed by atoms with E-state index in [0.29, 0.717) is 34.6 Å². The van der Waals surface area contributed by atoms with Crippen molar-refractivity contribution in [2.75, 3.05) is 17.6 Å². The quantitative estimate of drug-likeness (QED) is 0.145. The van der Waals surface area contributed by atoms with Gasteiger partial charge in [-0.1, -0.05) is 64.2 Å². The van der Waals surface area contributed by atoms with Crippen LogP contribution < -0.4 is 27.2 Å². The highest BCUT2D eigenvalue weighted by molar-refractivity contribution is 6.66. The van der Waals surface area contributed by atoms with Gasteiger partial charge in [-0.15, -0.1) is 0 Å². The number of nitrogens with two attached hydrogens (primary N) is 1. The number of alkyl halides is 3. The average Bonchev–Trinajstić information content (AvgIpc) is 3.45. The lowest BCUT2D eigenvalue weighted by Gasteiger charge is -2.16. The molecule has 0 aliphatic carbocycles. The van der Waals surface area contributed by atoms with Crippen molar-refractivity contribution in [2.45, 2.75) is 43.7 Å². The fourth-order valence-corrected chi connectivity index (χ4v) is 4.30. The van der Waals surface area contributed by atoms with Crippen molar-refractivity contribution in [1.82, 2.24) is 30.3 Å². The monoisotopic (exact) mass is 646 g/mol. The van der Waals surface area contributed by atoms with Crippen molar-refractivity contribution < 1.29 is 14.1 Å². The number of aromatic nitrogens is 4. The average molecular weight is 648 g/mol. The van der Waals surface area contributed by atoms with Crippen molar-refractivity contribution in [1.29, 1.82) is 0 Å². The number of nitrogens with one attached hydrogen (secondary N) is 3. The van der Waals surface area contributed by atoms with Gasteiger partial charge >= 0.3 is 0 Å². The second-order valence-electron chi connectivity index (χ2n) is 9.78. The molecule has 0 saturated heterocycles. The molecule has 5 N–H and O–H groups in total. The van der Waals surface area contributed by atoms with E-state index in [0.717, 1.165) is 5.56 Å². The Labute approximate surface area is 261 Å². The highest BCUT2D eigenvalue weighted by Crippen LogP contribution is 2.37. The highest BCUT2D eigenvalue weighted by Gasteiger charge is 2.30. The Balaban J connectivity index is 1.54. The standard InChI is InChI=1S/C28H29Cl3N8O4/c1-4-33-24-26(42)39(21(13-35-24)18-9-19(11-20(32)10-18)25(41)36-15(2)3)14-22(40)34-12-16-5-7-17(8-6-16)23-37-27(43-38-23)28(29,30)31/h5-11,13,15H,4,12,14,32H2,1-3H3,(H,33,35)(H,34,40)(H,36,41). The Morgan fingerprint density at radius 2 is 1.81 bits per heavy atom. The van der Waals surface area contributed by atoms with Gasteiger partial charge in [0.1, 0.15) is 6.54 Å². The molecule has 0 bridgehead atoms. The summed E-state index contributed by atoms with van der Waals surface area (Å²) in [6.45, 7) is 5.84. The van der Waals surface area contributed by atoms with Crippen LogP contribution in [0.15, 0.2) is 58.0 Å². The van der Waals surface area contributed by atoms with Crippen LogP contribution in [-0.4, -0.2) is 44.1 Å². The summed E-state index contributed by atoms with van der Waals surface area (Å²) in [5.74, 6) is -0.558. The maximum absolute atomic E-state index is 13.4. The number of carbonyl (C=O) groups is 2. The molecule has 0 aliphatic rings. The van der Waals surface area contributed by atoms with E-state index in [1.165, 1.54) is 10.8 Å². The van der Waals surface area contributed by atoms with Gasteiger partial charge in [-0.05, 0) is 44.5 Å². The van der Waals surface area contributed by atoms with Crippen LogP contribution in [0.1, 0.15) is 42.6 Å². The zero-order chi connectivity index (χ0) is 31.3. The summed E-state index contributed by atoms with van der Waals surface area (Å²) in [6.07, 6.45) is 1.47. The van der Waals surface area contributed by atoms with Gasteiger partial charge in [-0.25, -0.2) is 4.98 Å². The van der Waals surface area contributed by atoms with Crippen molar-refractivity contribution in [3.63, 3.8) is 0 Å². The SMILES string of the molecule is CCNc1ncc(-c2cc(N)cc(C(=O)NC(C)C)c2)n(CC(=O)NCc2ccc(-c3noc(C(Cl)(Cl)Cl)n3)cc2)c1=O. The summed E-state index contributed by atoms with van der Waals surface area (Å²) in [5.41, 5.74) is 8.42. The van der Waals surface area contributed by atoms with Gasteiger partial charge in [0, 0.05) is 41.5 Å². The van der Waals surface area contributed by atoms with E-state index < -0.39 is 15.3 Å². The van der Waals surface area contributed by atoms with E-state index in [1.807, 2.05) is 20.8 Å². The van der Waals surface area contributed by atoms with Gasteiger partial charge in [-0.3, -0.25) is 19.0 Å². The highest BCUT2D eigenvalue weighted by atomic mass is 35.6. The van der Waals surface area contributed by atoms with E-state index in [-0.39, 0.29) is 42.6 Å². The van der Waals surface area contributed by atoms with Crippen LogP contribution in [0.5, 0.6) is 0 Å². The molecule has 0 fully saturated rings. The number of nitrogen functional groups attached to an aromatic ring is 1. The molecule has 12 nitrogen and oxygen atoms in total. The Kier molecular flexibility index (Phi) is 9.95. The molecule has 0 unspecified atom stereocenters. The second kappa shape index (κ2) is 13.4. The lowest BCUT2D eigenvalue weighted by molar-refractivity contribution is -0.121. The number of hydrogen-bond donors (Lipinski definition) is 4. The summed E-state index contributed by atoms with van der Waals surface area (Å²) in [6, 6.07) is 11.7. The fraction of sp³-hybridized carbons (Fsp3) is 0.286. The largest absolute Gasteiger partial charge is 0.399 e. The van der Waals surface area contributed by atoms with Crippen LogP contribution in [0.3, 0.4) is 0 Å². The van der Waals surface area contributed by atoms with Crippen molar-refractivity contribution in [3.8, 4) is 22.6 Å². The van der Waals surface area contributed by atoms with Crippen molar-refractivity contribution in [2.24, 2.45) is 0 Å². The lowest BCUT2D eigenvalue weighted by Crippen LogP contribution is -2.34. The van der Waals surface area contributed by atoms with Crippen LogP contribution in [0.25, 0.3) is 22.6 Å². The van der Waals surface area contributed by atoms with Gasteiger partial charge in [0.25, 0.3) is 21.1 Å². The Morgan fingerprint density at radius 3 is 2.44 bits per heavy atom. The lowest BCUT2D eigenvalue weighted by atomic mass is 10.1. The zero-order valence-electron chi connectivity index (χ0n) is 23.5. The van der Waals surface area contributed by atoms with Crippen LogP contribution in [0, 0.1) is 0 Å². The summed E-state index contributed by atoms with van der Waals surface area (Å²) in [5, 5.41) is 12.4. The van der Waals surface area contributed by atoms with E-state index in [2.05, 4.69) is 31.1 Å². The minimum Gasteiger partial charge on any atom is -0.399 e. The molecule has 15 heteroatoms. The molecule has 0 radical (unpaired) electrons. The molecular formula is C28H29Cl3N8O4. The summed E-state index contributed by atoms with van der Waals surface area (Å²) >= 11 is 17.3. The summed E-state index contributed by atoms with van der Waals surface area (Å²) in [7, 11) is 0. The smallest absolute Gasteiger partial charge is 0.294 e. The second-order valence-corrected chi connectivity index (χ2v) is 12.1. The molecule has 2 aromatic carbocycles. The van der Waals surface area contributed by atoms with E-state index in [9.17, 15) is 14.4 Å². The fourth-order valence-electron chi connectivity index (χ4n) is 4.07. The number of nitrogens with zero attached hydrogens (tertiary/aromatic N) is 4. The van der Waals surface area contributed by atoms with E-state index >= 15 is 0 Å². The molecule has 0 saturated carbocycles. The van der Waals surface area contributed by atoms with Crippen LogP contribution in [-0.2, 0) is 21.7 Å². The number of hydrogen-bond acceptors (Lipinski definition) is 9. The minimum atomic E-state index is -1.84. The van der Waals surface area contributed by atoms with E-state index in [1.54, 1.807) is 42.5 Å². The van der Waals surface area contributed by atoms with Crippen molar-refractivity contribution in [3.05, 3.63) is 76.0 Å². The molecule has 2 aromatic heterocycles. The predicted molar refractivity (Wildman–Crippen MR) is 166 cm³/mol. The third-order valence-corrected chi connectivity index (χ3v) is 6.49. The van der Waals surface area contributed by atoms with Gasteiger partial charge in [-0.2, -0.15) is 4.98 Å². The first-order valence-corrected chi connectivity index (χ1v) is 14.3. The Hall–Kier alpha value is -4.13. The first-order valence-electron chi connectivity index (χ1n) is 13.2. The maximum Gasteiger partial charge on any atom is 0.294 e. The molecule has 2 amide bonds. The van der Waals surface area contributed by atoms with Crippen molar-refractivity contribution >= 4 is 58.1 Å². The first kappa shape index (κ1) is 31.8. The molecular weight excluding hydrogens is 619 g/mol. The molecule has 0 atom stereocenters. The topological polar surface area (TPSA) is 170 Å².